The fourth-order valence-corrected chi connectivity index (χ4v) is 2.53. The number of rotatable bonds is 7. The number of nitrogens with zero attached hydrogens (tertiary/aromatic N) is 1. The van der Waals surface area contributed by atoms with E-state index in [2.05, 4.69) is 10.1 Å². The number of esters is 1. The molecule has 0 radical (unpaired) electrons. The molecule has 1 aromatic rings. The highest BCUT2D eigenvalue weighted by atomic mass is 32.2. The number of methoxy groups -OCH3 is 1. The molecule has 0 unspecified atom stereocenters. The van der Waals surface area contributed by atoms with Crippen molar-refractivity contribution in [3.63, 3.8) is 0 Å². The van der Waals surface area contributed by atoms with Gasteiger partial charge in [-0.3, -0.25) is 9.59 Å². The predicted octanol–water partition coefficient (Wildman–Crippen LogP) is 0.620. The molecule has 0 aliphatic carbocycles. The van der Waals surface area contributed by atoms with Crippen LogP contribution in [0.4, 0.5) is 0 Å². The molecule has 1 N–H and O–H groups in total. The summed E-state index contributed by atoms with van der Waals surface area (Å²) in [6.07, 6.45) is 0.711. The lowest BCUT2D eigenvalue weighted by atomic mass is 10.2. The fraction of sp³-hybridized carbons (Fsp3) is 0.429. The smallest absolute Gasteiger partial charge is 0.305 e. The lowest BCUT2D eigenvalue weighted by Gasteiger charge is -2.11. The Balaban J connectivity index is 2.60. The van der Waals surface area contributed by atoms with Crippen LogP contribution in [0.5, 0.6) is 0 Å². The first-order valence-corrected chi connectivity index (χ1v) is 8.10. The van der Waals surface area contributed by atoms with E-state index >= 15 is 0 Å². The van der Waals surface area contributed by atoms with E-state index in [0.29, 0.717) is 18.5 Å². The maximum atomic E-state index is 11.9. The average molecular weight is 328 g/mol. The number of hydrogen-bond acceptors (Lipinski definition) is 5. The molecule has 0 atom stereocenters. The second-order valence-electron chi connectivity index (χ2n) is 4.75. The van der Waals surface area contributed by atoms with Gasteiger partial charge in [0.1, 0.15) is 0 Å². The van der Waals surface area contributed by atoms with Crippen LogP contribution < -0.4 is 5.32 Å². The third-order valence-electron chi connectivity index (χ3n) is 2.97. The van der Waals surface area contributed by atoms with Gasteiger partial charge in [-0.05, 0) is 30.7 Å². The molecule has 0 heterocycles. The number of ether oxygens (including phenoxy) is 1. The van der Waals surface area contributed by atoms with E-state index in [1.807, 2.05) is 0 Å². The van der Waals surface area contributed by atoms with Crippen molar-refractivity contribution in [1.29, 1.82) is 0 Å². The molecule has 0 bridgehead atoms. The van der Waals surface area contributed by atoms with Gasteiger partial charge in [0.25, 0.3) is 5.91 Å². The van der Waals surface area contributed by atoms with E-state index in [4.69, 9.17) is 0 Å². The van der Waals surface area contributed by atoms with Gasteiger partial charge in [-0.2, -0.15) is 0 Å². The Bertz CT molecular complexity index is 623. The molecule has 7 nitrogen and oxygen atoms in total. The quantitative estimate of drug-likeness (QED) is 0.585. The zero-order valence-electron chi connectivity index (χ0n) is 12.8. The molecule has 22 heavy (non-hydrogen) atoms. The molecule has 0 saturated carbocycles. The van der Waals surface area contributed by atoms with Gasteiger partial charge < -0.3 is 10.1 Å². The van der Waals surface area contributed by atoms with Crippen LogP contribution in [0.25, 0.3) is 0 Å². The van der Waals surface area contributed by atoms with Gasteiger partial charge in [-0.15, -0.1) is 0 Å². The molecule has 1 amide bonds. The maximum absolute atomic E-state index is 11.9. The summed E-state index contributed by atoms with van der Waals surface area (Å²) in [5.41, 5.74) is 0.357. The zero-order chi connectivity index (χ0) is 16.8. The minimum Gasteiger partial charge on any atom is -0.469 e. The van der Waals surface area contributed by atoms with Crippen LogP contribution in [0.15, 0.2) is 29.2 Å². The summed E-state index contributed by atoms with van der Waals surface area (Å²) < 4.78 is 29.4. The minimum absolute atomic E-state index is 0.125. The van der Waals surface area contributed by atoms with Crippen molar-refractivity contribution in [2.45, 2.75) is 17.7 Å². The van der Waals surface area contributed by atoms with Gasteiger partial charge in [-0.25, -0.2) is 12.7 Å². The zero-order valence-corrected chi connectivity index (χ0v) is 13.6. The van der Waals surface area contributed by atoms with Gasteiger partial charge in [0.05, 0.1) is 12.0 Å². The third-order valence-corrected chi connectivity index (χ3v) is 4.80. The van der Waals surface area contributed by atoms with Crippen LogP contribution in [0.2, 0.25) is 0 Å². The molecule has 8 heteroatoms. The van der Waals surface area contributed by atoms with Crippen molar-refractivity contribution < 1.29 is 22.7 Å². The third kappa shape index (κ3) is 4.81. The van der Waals surface area contributed by atoms with E-state index in [1.54, 1.807) is 0 Å². The van der Waals surface area contributed by atoms with E-state index < -0.39 is 10.0 Å². The number of hydrogen-bond donors (Lipinski definition) is 1. The van der Waals surface area contributed by atoms with Crippen molar-refractivity contribution >= 4 is 21.9 Å². The van der Waals surface area contributed by atoms with Crippen LogP contribution in [0.1, 0.15) is 23.2 Å². The molecular formula is C14H20N2O5S. The van der Waals surface area contributed by atoms with Crippen molar-refractivity contribution in [2.75, 3.05) is 27.7 Å². The molecule has 0 aliphatic rings. The van der Waals surface area contributed by atoms with Crippen molar-refractivity contribution in [3.8, 4) is 0 Å². The molecular weight excluding hydrogens is 308 g/mol. The first-order valence-electron chi connectivity index (χ1n) is 6.66. The van der Waals surface area contributed by atoms with Gasteiger partial charge in [0, 0.05) is 32.6 Å². The Morgan fingerprint density at radius 1 is 1.18 bits per heavy atom. The van der Waals surface area contributed by atoms with Crippen LogP contribution in [-0.4, -0.2) is 52.3 Å². The standard InChI is InChI=1S/C14H20N2O5S/c1-16(2)22(19,20)12-8-6-11(7-9-12)14(18)15-10-4-5-13(17)21-3/h6-9H,4-5,10H2,1-3H3,(H,15,18). The lowest BCUT2D eigenvalue weighted by molar-refractivity contribution is -0.140. The first-order chi connectivity index (χ1) is 10.3. The Labute approximate surface area is 130 Å². The van der Waals surface area contributed by atoms with Crippen LogP contribution in [0.3, 0.4) is 0 Å². The average Bonchev–Trinajstić information content (AvgIpc) is 2.50. The van der Waals surface area contributed by atoms with E-state index in [0.717, 1.165) is 4.31 Å². The molecule has 0 fully saturated rings. The molecule has 0 aliphatic heterocycles. The highest BCUT2D eigenvalue weighted by molar-refractivity contribution is 7.89. The molecule has 0 spiro atoms. The number of carbonyl (C=O) groups is 2. The van der Waals surface area contributed by atoms with Crippen LogP contribution in [0, 0.1) is 0 Å². The summed E-state index contributed by atoms with van der Waals surface area (Å²) in [6, 6.07) is 5.68. The first kappa shape index (κ1) is 18.1. The van der Waals surface area contributed by atoms with E-state index in [9.17, 15) is 18.0 Å². The number of sulfonamides is 1. The number of benzene rings is 1. The largest absolute Gasteiger partial charge is 0.469 e. The highest BCUT2D eigenvalue weighted by Gasteiger charge is 2.17. The summed E-state index contributed by atoms with van der Waals surface area (Å²) in [7, 11) is 0.691. The van der Waals surface area contributed by atoms with Crippen LogP contribution >= 0.6 is 0 Å². The normalized spacial score (nSPS) is 11.3. The second kappa shape index (κ2) is 7.90. The molecule has 122 valence electrons. The van der Waals surface area contributed by atoms with Gasteiger partial charge >= 0.3 is 5.97 Å². The summed E-state index contributed by atoms with van der Waals surface area (Å²) in [6.45, 7) is 0.339. The van der Waals surface area contributed by atoms with Crippen LogP contribution in [-0.2, 0) is 19.6 Å². The summed E-state index contributed by atoms with van der Waals surface area (Å²) in [5, 5.41) is 2.65. The van der Waals surface area contributed by atoms with Gasteiger partial charge in [0.15, 0.2) is 0 Å². The number of amides is 1. The molecule has 1 aromatic carbocycles. The molecule has 0 aromatic heterocycles. The fourth-order valence-electron chi connectivity index (χ4n) is 1.63. The lowest BCUT2D eigenvalue weighted by Crippen LogP contribution is -2.25. The monoisotopic (exact) mass is 328 g/mol. The Morgan fingerprint density at radius 2 is 1.77 bits per heavy atom. The number of carbonyl (C=O) groups excluding carboxylic acids is 2. The maximum Gasteiger partial charge on any atom is 0.305 e. The van der Waals surface area contributed by atoms with Crippen molar-refractivity contribution in [2.24, 2.45) is 0 Å². The Kier molecular flexibility index (Phi) is 6.51. The summed E-state index contributed by atoms with van der Waals surface area (Å²) in [4.78, 5) is 22.9. The SMILES string of the molecule is COC(=O)CCCNC(=O)c1ccc(S(=O)(=O)N(C)C)cc1. The molecule has 0 saturated heterocycles. The minimum atomic E-state index is -3.50. The van der Waals surface area contributed by atoms with Gasteiger partial charge in [-0.1, -0.05) is 0 Å². The Morgan fingerprint density at radius 3 is 2.27 bits per heavy atom. The van der Waals surface area contributed by atoms with E-state index in [1.165, 1.54) is 45.5 Å². The van der Waals surface area contributed by atoms with Gasteiger partial charge in [0.2, 0.25) is 10.0 Å². The molecule has 1 rings (SSSR count). The van der Waals surface area contributed by atoms with Crippen molar-refractivity contribution in [1.82, 2.24) is 9.62 Å². The topological polar surface area (TPSA) is 92.8 Å². The second-order valence-corrected chi connectivity index (χ2v) is 6.90. The van der Waals surface area contributed by atoms with Crippen molar-refractivity contribution in [3.05, 3.63) is 29.8 Å². The number of nitrogens with one attached hydrogen (secondary N) is 1. The summed E-state index contributed by atoms with van der Waals surface area (Å²) in [5.74, 6) is -0.647. The highest BCUT2D eigenvalue weighted by Crippen LogP contribution is 2.13. The Hall–Kier alpha value is -1.93. The van der Waals surface area contributed by atoms with E-state index in [-0.39, 0.29) is 23.2 Å². The summed E-state index contributed by atoms with van der Waals surface area (Å²) >= 11 is 0. The predicted molar refractivity (Wildman–Crippen MR) is 80.9 cm³/mol.